The minimum atomic E-state index is -0.127. The standard InChI is InChI=1S/C21H23N5O/c1-15-6-4-8-17(23-15)14-26-11-3-2-9-19(26)18-12-20(27)25-21(24-18)16-7-5-10-22-13-16/h4-8,10,12-13,19H,2-3,9,11,14H2,1H3,(H,24,25,27)/t19-/m1/s1. The molecule has 0 saturated carbocycles. The lowest BCUT2D eigenvalue weighted by Crippen LogP contribution is -2.34. The van der Waals surface area contributed by atoms with E-state index in [0.29, 0.717) is 5.82 Å². The van der Waals surface area contributed by atoms with Crippen LogP contribution in [0.25, 0.3) is 11.4 Å². The van der Waals surface area contributed by atoms with Gasteiger partial charge in [0.1, 0.15) is 5.82 Å². The molecule has 1 aliphatic heterocycles. The molecular formula is C21H23N5O. The molecule has 0 aromatic carbocycles. The molecule has 3 aromatic rings. The minimum Gasteiger partial charge on any atom is -0.306 e. The molecule has 0 unspecified atom stereocenters. The number of hydrogen-bond acceptors (Lipinski definition) is 5. The Morgan fingerprint density at radius 1 is 1.19 bits per heavy atom. The van der Waals surface area contributed by atoms with E-state index in [0.717, 1.165) is 55.0 Å². The van der Waals surface area contributed by atoms with E-state index < -0.39 is 0 Å². The van der Waals surface area contributed by atoms with Crippen molar-refractivity contribution in [1.82, 2.24) is 24.8 Å². The van der Waals surface area contributed by atoms with Gasteiger partial charge < -0.3 is 4.98 Å². The third-order valence-electron chi connectivity index (χ3n) is 4.96. The number of likely N-dealkylation sites (tertiary alicyclic amines) is 1. The van der Waals surface area contributed by atoms with Crippen molar-refractivity contribution >= 4 is 0 Å². The van der Waals surface area contributed by atoms with Crippen LogP contribution in [-0.2, 0) is 6.54 Å². The van der Waals surface area contributed by atoms with Crippen molar-refractivity contribution in [2.75, 3.05) is 6.54 Å². The minimum absolute atomic E-state index is 0.124. The summed E-state index contributed by atoms with van der Waals surface area (Å²) in [4.78, 5) is 31.1. The maximum Gasteiger partial charge on any atom is 0.251 e. The molecule has 1 atom stereocenters. The summed E-state index contributed by atoms with van der Waals surface area (Å²) in [6.07, 6.45) is 6.72. The summed E-state index contributed by atoms with van der Waals surface area (Å²) in [7, 11) is 0. The number of rotatable bonds is 4. The molecule has 27 heavy (non-hydrogen) atoms. The Hall–Kier alpha value is -2.86. The van der Waals surface area contributed by atoms with Gasteiger partial charge in [0.05, 0.1) is 17.4 Å². The number of aromatic nitrogens is 4. The van der Waals surface area contributed by atoms with Gasteiger partial charge in [-0.2, -0.15) is 0 Å². The molecule has 1 N–H and O–H groups in total. The lowest BCUT2D eigenvalue weighted by molar-refractivity contribution is 0.135. The molecule has 0 bridgehead atoms. The van der Waals surface area contributed by atoms with E-state index in [2.05, 4.69) is 25.9 Å². The lowest BCUT2D eigenvalue weighted by Gasteiger charge is -2.35. The van der Waals surface area contributed by atoms with Crippen molar-refractivity contribution in [3.05, 3.63) is 76.2 Å². The van der Waals surface area contributed by atoms with E-state index in [-0.39, 0.29) is 11.6 Å². The van der Waals surface area contributed by atoms with Crippen molar-refractivity contribution in [2.45, 2.75) is 38.8 Å². The fourth-order valence-electron chi connectivity index (χ4n) is 3.70. The van der Waals surface area contributed by atoms with Crippen LogP contribution in [-0.4, -0.2) is 31.4 Å². The Morgan fingerprint density at radius 3 is 2.93 bits per heavy atom. The molecule has 1 aliphatic rings. The monoisotopic (exact) mass is 361 g/mol. The zero-order chi connectivity index (χ0) is 18.6. The first-order valence-corrected chi connectivity index (χ1v) is 9.37. The van der Waals surface area contributed by atoms with E-state index in [4.69, 9.17) is 4.98 Å². The molecule has 0 aliphatic carbocycles. The first-order chi connectivity index (χ1) is 13.2. The van der Waals surface area contributed by atoms with Crippen LogP contribution in [0.3, 0.4) is 0 Å². The Kier molecular flexibility index (Phi) is 5.07. The molecule has 0 amide bonds. The zero-order valence-electron chi connectivity index (χ0n) is 15.4. The predicted molar refractivity (Wildman–Crippen MR) is 104 cm³/mol. The molecular weight excluding hydrogens is 338 g/mol. The first-order valence-electron chi connectivity index (χ1n) is 9.37. The van der Waals surface area contributed by atoms with Crippen LogP contribution < -0.4 is 5.56 Å². The van der Waals surface area contributed by atoms with Crippen molar-refractivity contribution in [1.29, 1.82) is 0 Å². The number of aryl methyl sites for hydroxylation is 1. The van der Waals surface area contributed by atoms with Crippen LogP contribution in [0.2, 0.25) is 0 Å². The van der Waals surface area contributed by atoms with Gasteiger partial charge in [0, 0.05) is 36.3 Å². The van der Waals surface area contributed by atoms with Crippen LogP contribution in [0.4, 0.5) is 0 Å². The van der Waals surface area contributed by atoms with Crippen LogP contribution in [0.15, 0.2) is 53.6 Å². The maximum atomic E-state index is 12.3. The van der Waals surface area contributed by atoms with Gasteiger partial charge in [0.2, 0.25) is 0 Å². The van der Waals surface area contributed by atoms with Crippen molar-refractivity contribution in [3.8, 4) is 11.4 Å². The highest BCUT2D eigenvalue weighted by Gasteiger charge is 2.26. The predicted octanol–water partition coefficient (Wildman–Crippen LogP) is 3.26. The summed E-state index contributed by atoms with van der Waals surface area (Å²) in [6.45, 7) is 3.76. The van der Waals surface area contributed by atoms with Gasteiger partial charge in [-0.15, -0.1) is 0 Å². The van der Waals surface area contributed by atoms with Gasteiger partial charge in [0.25, 0.3) is 5.56 Å². The van der Waals surface area contributed by atoms with Crippen LogP contribution in [0.1, 0.15) is 42.4 Å². The zero-order valence-corrected chi connectivity index (χ0v) is 15.4. The Bertz CT molecular complexity index is 970. The first kappa shape index (κ1) is 17.5. The van der Waals surface area contributed by atoms with Crippen molar-refractivity contribution in [3.63, 3.8) is 0 Å². The molecule has 1 fully saturated rings. The van der Waals surface area contributed by atoms with E-state index in [1.165, 1.54) is 0 Å². The Labute approximate surface area is 158 Å². The lowest BCUT2D eigenvalue weighted by atomic mass is 9.98. The third-order valence-corrected chi connectivity index (χ3v) is 4.96. The van der Waals surface area contributed by atoms with Gasteiger partial charge in [-0.05, 0) is 50.6 Å². The quantitative estimate of drug-likeness (QED) is 0.772. The fourth-order valence-corrected chi connectivity index (χ4v) is 3.70. The molecule has 4 heterocycles. The number of pyridine rings is 2. The van der Waals surface area contributed by atoms with E-state index in [1.54, 1.807) is 18.5 Å². The second-order valence-corrected chi connectivity index (χ2v) is 7.01. The van der Waals surface area contributed by atoms with Gasteiger partial charge in [-0.3, -0.25) is 19.7 Å². The largest absolute Gasteiger partial charge is 0.306 e. The fraction of sp³-hybridized carbons (Fsp3) is 0.333. The normalized spacial score (nSPS) is 17.7. The van der Waals surface area contributed by atoms with E-state index in [1.807, 2.05) is 31.2 Å². The summed E-state index contributed by atoms with van der Waals surface area (Å²) in [5.41, 5.74) is 3.59. The van der Waals surface area contributed by atoms with Crippen LogP contribution in [0.5, 0.6) is 0 Å². The van der Waals surface area contributed by atoms with Crippen LogP contribution >= 0.6 is 0 Å². The number of hydrogen-bond donors (Lipinski definition) is 1. The Balaban J connectivity index is 1.65. The number of aromatic amines is 1. The molecule has 1 saturated heterocycles. The molecule has 0 radical (unpaired) electrons. The smallest absolute Gasteiger partial charge is 0.251 e. The number of nitrogens with one attached hydrogen (secondary N) is 1. The summed E-state index contributed by atoms with van der Waals surface area (Å²) in [6, 6.07) is 11.6. The summed E-state index contributed by atoms with van der Waals surface area (Å²) < 4.78 is 0. The Morgan fingerprint density at radius 2 is 2.11 bits per heavy atom. The van der Waals surface area contributed by atoms with E-state index in [9.17, 15) is 4.79 Å². The average molecular weight is 361 g/mol. The van der Waals surface area contributed by atoms with Crippen molar-refractivity contribution < 1.29 is 0 Å². The highest BCUT2D eigenvalue weighted by Crippen LogP contribution is 2.31. The highest BCUT2D eigenvalue weighted by atomic mass is 16.1. The molecule has 4 rings (SSSR count). The average Bonchev–Trinajstić information content (AvgIpc) is 2.69. The SMILES string of the molecule is Cc1cccc(CN2CCCC[C@@H]2c2cc(=O)[nH]c(-c3cccnc3)n2)n1. The second-order valence-electron chi connectivity index (χ2n) is 7.01. The van der Waals surface area contributed by atoms with Gasteiger partial charge >= 0.3 is 0 Å². The number of piperidine rings is 1. The van der Waals surface area contributed by atoms with Gasteiger partial charge in [0.15, 0.2) is 0 Å². The molecule has 3 aromatic heterocycles. The van der Waals surface area contributed by atoms with Gasteiger partial charge in [-0.25, -0.2) is 4.98 Å². The second kappa shape index (κ2) is 7.80. The summed E-state index contributed by atoms with van der Waals surface area (Å²) >= 11 is 0. The highest BCUT2D eigenvalue weighted by molar-refractivity contribution is 5.52. The molecule has 0 spiro atoms. The van der Waals surface area contributed by atoms with Gasteiger partial charge in [-0.1, -0.05) is 12.5 Å². The number of nitrogens with zero attached hydrogens (tertiary/aromatic N) is 4. The molecule has 6 heteroatoms. The summed E-state index contributed by atoms with van der Waals surface area (Å²) in [5, 5.41) is 0. The molecule has 6 nitrogen and oxygen atoms in total. The maximum absolute atomic E-state index is 12.3. The number of H-pyrrole nitrogens is 1. The summed E-state index contributed by atoms with van der Waals surface area (Å²) in [5.74, 6) is 0.574. The van der Waals surface area contributed by atoms with E-state index >= 15 is 0 Å². The topological polar surface area (TPSA) is 74.8 Å². The molecule has 138 valence electrons. The van der Waals surface area contributed by atoms with Crippen molar-refractivity contribution in [2.24, 2.45) is 0 Å². The third kappa shape index (κ3) is 4.11. The van der Waals surface area contributed by atoms with Crippen LogP contribution in [0, 0.1) is 6.92 Å².